The Balaban J connectivity index is 2.51. The van der Waals surface area contributed by atoms with Gasteiger partial charge < -0.3 is 14.6 Å². The molecule has 36 heavy (non-hydrogen) atoms. The number of hydrogen-bond acceptors (Lipinski definition) is 6. The third kappa shape index (κ3) is 6.75. The van der Waals surface area contributed by atoms with Crippen LogP contribution in [0.3, 0.4) is 0 Å². The Hall–Kier alpha value is -2.21. The number of alkyl halides is 3. The normalized spacial score (nSPS) is 20.2. The minimum atomic E-state index is -5.15. The van der Waals surface area contributed by atoms with Gasteiger partial charge in [0.2, 0.25) is 0 Å². The molecule has 1 aromatic carbocycles. The van der Waals surface area contributed by atoms with Gasteiger partial charge in [-0.15, -0.1) is 0 Å². The second-order valence-corrected chi connectivity index (χ2v) is 16.7. The standard InChI is InChI=1S/C22H31F4N3O5SSi/c1-13-15(9-8-14(12-27)17(13)23)28-20(30)29-11-10-16(34-36(6,7)21(2,3)4)18(29)19(22(24,25)26)33-35(5,31)32/h8-9,16,18-19H,10-11H2,1-7H3,(H,28,30)/t16-,18-,19+/m0/s1. The van der Waals surface area contributed by atoms with E-state index in [1.54, 1.807) is 6.07 Å². The summed E-state index contributed by atoms with van der Waals surface area (Å²) in [5, 5.41) is 11.0. The number of hydrogen-bond donors (Lipinski definition) is 1. The van der Waals surface area contributed by atoms with Gasteiger partial charge in [0, 0.05) is 17.8 Å². The van der Waals surface area contributed by atoms with Crippen LogP contribution >= 0.6 is 0 Å². The molecule has 1 heterocycles. The highest BCUT2D eigenvalue weighted by molar-refractivity contribution is 7.86. The molecule has 202 valence electrons. The van der Waals surface area contributed by atoms with Crippen LogP contribution in [0.5, 0.6) is 0 Å². The Labute approximate surface area is 209 Å². The Morgan fingerprint density at radius 2 is 1.86 bits per heavy atom. The zero-order chi connectivity index (χ0) is 27.9. The number of nitriles is 1. The average molecular weight is 554 g/mol. The number of rotatable bonds is 6. The predicted molar refractivity (Wildman–Crippen MR) is 128 cm³/mol. The van der Waals surface area contributed by atoms with E-state index in [1.807, 2.05) is 33.9 Å². The van der Waals surface area contributed by atoms with Gasteiger partial charge in [-0.05, 0) is 43.6 Å². The Bertz CT molecular complexity index is 1150. The molecule has 2 rings (SSSR count). The summed E-state index contributed by atoms with van der Waals surface area (Å²) in [4.78, 5) is 14.0. The minimum absolute atomic E-state index is 0.00497. The molecule has 0 unspecified atom stereocenters. The van der Waals surface area contributed by atoms with Crippen LogP contribution in [-0.4, -0.2) is 64.9 Å². The first kappa shape index (κ1) is 30.0. The summed E-state index contributed by atoms with van der Waals surface area (Å²) >= 11 is 0. The van der Waals surface area contributed by atoms with Crippen LogP contribution in [0.1, 0.15) is 38.3 Å². The van der Waals surface area contributed by atoms with Crippen molar-refractivity contribution in [1.29, 1.82) is 5.26 Å². The van der Waals surface area contributed by atoms with Gasteiger partial charge in [0.1, 0.15) is 11.9 Å². The highest BCUT2D eigenvalue weighted by Crippen LogP contribution is 2.42. The zero-order valence-electron chi connectivity index (χ0n) is 21.2. The van der Waals surface area contributed by atoms with Crippen LogP contribution < -0.4 is 5.32 Å². The van der Waals surface area contributed by atoms with Crippen molar-refractivity contribution in [2.24, 2.45) is 0 Å². The number of benzene rings is 1. The summed E-state index contributed by atoms with van der Waals surface area (Å²) in [6, 6.07) is 1.22. The molecule has 1 fully saturated rings. The molecule has 1 N–H and O–H groups in total. The fraction of sp³-hybridized carbons (Fsp3) is 0.636. The molecule has 3 atom stereocenters. The lowest BCUT2D eigenvalue weighted by Gasteiger charge is -2.42. The Morgan fingerprint density at radius 1 is 1.28 bits per heavy atom. The van der Waals surface area contributed by atoms with Gasteiger partial charge >= 0.3 is 12.2 Å². The van der Waals surface area contributed by atoms with Crippen molar-refractivity contribution in [2.45, 2.75) is 76.7 Å². The SMILES string of the molecule is Cc1c(NC(=O)N2CC[C@H](O[Si](C)(C)C(C)(C)C)[C@H]2[C@@H](OS(C)(=O)=O)C(F)(F)F)ccc(C#N)c1F. The number of likely N-dealkylation sites (tertiary alicyclic amines) is 1. The maximum absolute atomic E-state index is 14.4. The second-order valence-electron chi connectivity index (χ2n) is 10.3. The number of nitrogens with zero attached hydrogens (tertiary/aromatic N) is 2. The van der Waals surface area contributed by atoms with Gasteiger partial charge in [-0.1, -0.05) is 20.8 Å². The molecule has 0 saturated carbocycles. The molecule has 0 spiro atoms. The van der Waals surface area contributed by atoms with Crippen LogP contribution in [-0.2, 0) is 18.7 Å². The van der Waals surface area contributed by atoms with Gasteiger partial charge in [0.25, 0.3) is 10.1 Å². The molecule has 8 nitrogen and oxygen atoms in total. The fourth-order valence-electron chi connectivity index (χ4n) is 3.65. The van der Waals surface area contributed by atoms with E-state index in [4.69, 9.17) is 9.69 Å². The molecule has 0 aliphatic carbocycles. The summed E-state index contributed by atoms with van der Waals surface area (Å²) in [6.45, 7) is 10.5. The van der Waals surface area contributed by atoms with E-state index in [1.165, 1.54) is 13.0 Å². The van der Waals surface area contributed by atoms with Gasteiger partial charge in [-0.3, -0.25) is 4.18 Å². The molecule has 1 saturated heterocycles. The lowest BCUT2D eigenvalue weighted by Crippen LogP contribution is -2.58. The molecule has 14 heteroatoms. The van der Waals surface area contributed by atoms with Gasteiger partial charge in [-0.25, -0.2) is 9.18 Å². The molecule has 1 aromatic rings. The predicted octanol–water partition coefficient (Wildman–Crippen LogP) is 4.91. The molecular weight excluding hydrogens is 522 g/mol. The number of halogens is 4. The lowest BCUT2D eigenvalue weighted by molar-refractivity contribution is -0.212. The van der Waals surface area contributed by atoms with Gasteiger partial charge in [-0.2, -0.15) is 26.9 Å². The highest BCUT2D eigenvalue weighted by Gasteiger charge is 2.57. The third-order valence-electron chi connectivity index (χ3n) is 6.57. The number of carbonyl (C=O) groups excluding carboxylic acids is 1. The van der Waals surface area contributed by atoms with Crippen LogP contribution in [0, 0.1) is 24.1 Å². The number of nitrogens with one attached hydrogen (secondary N) is 1. The van der Waals surface area contributed by atoms with Crippen molar-refractivity contribution in [3.05, 3.63) is 29.1 Å². The number of carbonyl (C=O) groups is 1. The van der Waals surface area contributed by atoms with Crippen molar-refractivity contribution in [3.63, 3.8) is 0 Å². The summed E-state index contributed by atoms with van der Waals surface area (Å²) in [6.07, 6.45) is -8.69. The monoisotopic (exact) mass is 553 g/mol. The first-order valence-electron chi connectivity index (χ1n) is 11.1. The van der Waals surface area contributed by atoms with Gasteiger partial charge in [0.05, 0.1) is 24.0 Å². The van der Waals surface area contributed by atoms with E-state index in [-0.39, 0.29) is 34.8 Å². The number of amides is 2. The summed E-state index contributed by atoms with van der Waals surface area (Å²) in [5.74, 6) is -0.874. The van der Waals surface area contributed by atoms with E-state index in [0.29, 0.717) is 6.26 Å². The minimum Gasteiger partial charge on any atom is -0.412 e. The maximum Gasteiger partial charge on any atom is 0.418 e. The largest absolute Gasteiger partial charge is 0.418 e. The number of anilines is 1. The first-order valence-corrected chi connectivity index (χ1v) is 15.8. The molecule has 0 bridgehead atoms. The van der Waals surface area contributed by atoms with Crippen molar-refractivity contribution in [1.82, 2.24) is 4.90 Å². The number of urea groups is 1. The Kier molecular flexibility index (Phi) is 8.56. The lowest BCUT2D eigenvalue weighted by atomic mass is 10.1. The third-order valence-corrected chi connectivity index (χ3v) is 11.6. The second kappa shape index (κ2) is 10.3. The van der Waals surface area contributed by atoms with Crippen LogP contribution in [0.2, 0.25) is 18.1 Å². The Morgan fingerprint density at radius 3 is 2.33 bits per heavy atom. The van der Waals surface area contributed by atoms with Crippen LogP contribution in [0.25, 0.3) is 0 Å². The van der Waals surface area contributed by atoms with Crippen molar-refractivity contribution >= 4 is 30.2 Å². The molecule has 2 amide bonds. The summed E-state index contributed by atoms with van der Waals surface area (Å²) in [5.41, 5.74) is -0.380. The van der Waals surface area contributed by atoms with E-state index < -0.39 is 54.7 Å². The average Bonchev–Trinajstić information content (AvgIpc) is 3.10. The van der Waals surface area contributed by atoms with Crippen molar-refractivity contribution in [2.75, 3.05) is 18.1 Å². The molecule has 1 aliphatic rings. The highest BCUT2D eigenvalue weighted by atomic mass is 32.2. The smallest absolute Gasteiger partial charge is 0.412 e. The van der Waals surface area contributed by atoms with E-state index in [9.17, 15) is 30.8 Å². The van der Waals surface area contributed by atoms with Gasteiger partial charge in [0.15, 0.2) is 14.4 Å². The quantitative estimate of drug-likeness (QED) is 0.305. The maximum atomic E-state index is 14.4. The van der Waals surface area contributed by atoms with Crippen molar-refractivity contribution in [3.8, 4) is 6.07 Å². The molecule has 0 aromatic heterocycles. The van der Waals surface area contributed by atoms with Crippen molar-refractivity contribution < 1.29 is 39.4 Å². The molecule has 1 aliphatic heterocycles. The van der Waals surface area contributed by atoms with E-state index in [2.05, 4.69) is 9.50 Å². The summed E-state index contributed by atoms with van der Waals surface area (Å²) < 4.78 is 91.0. The first-order chi connectivity index (χ1) is 16.2. The van der Waals surface area contributed by atoms with Crippen LogP contribution in [0.4, 0.5) is 28.0 Å². The topological polar surface area (TPSA) is 109 Å². The van der Waals surface area contributed by atoms with Crippen LogP contribution in [0.15, 0.2) is 12.1 Å². The van der Waals surface area contributed by atoms with E-state index in [0.717, 1.165) is 11.0 Å². The van der Waals surface area contributed by atoms with E-state index >= 15 is 0 Å². The molecule has 0 radical (unpaired) electrons. The zero-order valence-corrected chi connectivity index (χ0v) is 23.0. The fourth-order valence-corrected chi connectivity index (χ4v) is 5.62. The molecular formula is C22H31F4N3O5SSi. The summed E-state index contributed by atoms with van der Waals surface area (Å²) in [7, 11) is -7.22.